The van der Waals surface area contributed by atoms with E-state index in [4.69, 9.17) is 10.8 Å². The Morgan fingerprint density at radius 1 is 1.22 bits per heavy atom. The van der Waals surface area contributed by atoms with Crippen LogP contribution < -0.4 is 5.73 Å². The van der Waals surface area contributed by atoms with Gasteiger partial charge in [-0.2, -0.15) is 0 Å². The van der Waals surface area contributed by atoms with Gasteiger partial charge in [-0.3, -0.25) is 14.5 Å². The lowest BCUT2D eigenvalue weighted by Crippen LogP contribution is -2.51. The summed E-state index contributed by atoms with van der Waals surface area (Å²) in [5.74, 6) is -0.792. The van der Waals surface area contributed by atoms with Crippen LogP contribution in [0.25, 0.3) is 0 Å². The van der Waals surface area contributed by atoms with E-state index in [0.717, 1.165) is 0 Å². The van der Waals surface area contributed by atoms with Crippen molar-refractivity contribution in [3.8, 4) is 0 Å². The van der Waals surface area contributed by atoms with Gasteiger partial charge in [-0.1, -0.05) is 12.2 Å². The van der Waals surface area contributed by atoms with E-state index in [9.17, 15) is 9.59 Å². The van der Waals surface area contributed by atoms with Crippen LogP contribution >= 0.6 is 0 Å². The fourth-order valence-corrected chi connectivity index (χ4v) is 2.46. The van der Waals surface area contributed by atoms with Gasteiger partial charge >= 0.3 is 5.97 Å². The number of piperazine rings is 1. The van der Waals surface area contributed by atoms with Crippen LogP contribution in [0.15, 0.2) is 12.2 Å². The van der Waals surface area contributed by atoms with E-state index in [-0.39, 0.29) is 24.4 Å². The van der Waals surface area contributed by atoms with Gasteiger partial charge in [-0.15, -0.1) is 0 Å². The minimum atomic E-state index is -0.820. The number of carbonyl (C=O) groups excluding carboxylic acids is 1. The molecule has 6 heteroatoms. The summed E-state index contributed by atoms with van der Waals surface area (Å²) in [4.78, 5) is 26.4. The number of aliphatic carboxylic acids is 1. The molecule has 6 nitrogen and oxygen atoms in total. The lowest BCUT2D eigenvalue weighted by molar-refractivity contribution is -0.140. The summed E-state index contributed by atoms with van der Waals surface area (Å²) in [6.07, 6.45) is 4.45. The molecule has 100 valence electrons. The lowest BCUT2D eigenvalue weighted by Gasteiger charge is -2.35. The molecule has 1 amide bonds. The van der Waals surface area contributed by atoms with Crippen LogP contribution in [-0.4, -0.2) is 65.5 Å². The first kappa shape index (κ1) is 13.0. The van der Waals surface area contributed by atoms with Gasteiger partial charge in [0.2, 0.25) is 5.91 Å². The van der Waals surface area contributed by atoms with Crippen LogP contribution in [-0.2, 0) is 9.59 Å². The molecule has 1 saturated heterocycles. The van der Waals surface area contributed by atoms with E-state index in [0.29, 0.717) is 32.6 Å². The molecule has 1 heterocycles. The molecule has 2 atom stereocenters. The summed E-state index contributed by atoms with van der Waals surface area (Å²) in [7, 11) is 0. The SMILES string of the molecule is NC1C=CC(C(=O)N2CCN(CC(=O)O)CC2)C1. The van der Waals surface area contributed by atoms with Crippen molar-refractivity contribution in [1.29, 1.82) is 0 Å². The molecule has 2 aliphatic rings. The van der Waals surface area contributed by atoms with Crippen molar-refractivity contribution in [2.24, 2.45) is 11.7 Å². The Morgan fingerprint density at radius 2 is 1.89 bits per heavy atom. The molecular formula is C12H19N3O3. The minimum absolute atomic E-state index is 0.00718. The third-order valence-corrected chi connectivity index (χ3v) is 3.48. The van der Waals surface area contributed by atoms with Gasteiger partial charge in [-0.25, -0.2) is 0 Å². The molecule has 1 aliphatic carbocycles. The molecule has 0 saturated carbocycles. The molecular weight excluding hydrogens is 234 g/mol. The molecule has 2 unspecified atom stereocenters. The van der Waals surface area contributed by atoms with Crippen LogP contribution in [0.2, 0.25) is 0 Å². The van der Waals surface area contributed by atoms with Gasteiger partial charge in [-0.05, 0) is 6.42 Å². The average molecular weight is 253 g/mol. The van der Waals surface area contributed by atoms with Crippen molar-refractivity contribution in [3.05, 3.63) is 12.2 Å². The number of nitrogens with zero attached hydrogens (tertiary/aromatic N) is 2. The number of rotatable bonds is 3. The Balaban J connectivity index is 1.81. The van der Waals surface area contributed by atoms with Crippen molar-refractivity contribution < 1.29 is 14.7 Å². The fraction of sp³-hybridized carbons (Fsp3) is 0.667. The zero-order chi connectivity index (χ0) is 13.1. The standard InChI is InChI=1S/C12H19N3O3/c13-10-2-1-9(7-10)12(18)15-5-3-14(4-6-15)8-11(16)17/h1-2,9-10H,3-8,13H2,(H,16,17). The highest BCUT2D eigenvalue weighted by Crippen LogP contribution is 2.19. The smallest absolute Gasteiger partial charge is 0.317 e. The summed E-state index contributed by atoms with van der Waals surface area (Å²) in [5, 5.41) is 8.70. The number of carboxylic acid groups (broad SMARTS) is 1. The minimum Gasteiger partial charge on any atom is -0.480 e. The molecule has 18 heavy (non-hydrogen) atoms. The van der Waals surface area contributed by atoms with E-state index in [2.05, 4.69) is 0 Å². The first-order valence-electron chi connectivity index (χ1n) is 6.23. The van der Waals surface area contributed by atoms with Crippen molar-refractivity contribution in [1.82, 2.24) is 9.80 Å². The predicted molar refractivity (Wildman–Crippen MR) is 65.9 cm³/mol. The van der Waals surface area contributed by atoms with Gasteiger partial charge in [0.25, 0.3) is 0 Å². The molecule has 3 N–H and O–H groups in total. The maximum atomic E-state index is 12.2. The molecule has 0 aromatic carbocycles. The molecule has 0 radical (unpaired) electrons. The number of hydrogen-bond donors (Lipinski definition) is 2. The zero-order valence-electron chi connectivity index (χ0n) is 10.3. The van der Waals surface area contributed by atoms with Gasteiger partial charge < -0.3 is 15.7 Å². The highest BCUT2D eigenvalue weighted by atomic mass is 16.4. The van der Waals surface area contributed by atoms with E-state index < -0.39 is 5.97 Å². The normalized spacial score (nSPS) is 28.6. The highest BCUT2D eigenvalue weighted by molar-refractivity contribution is 5.81. The summed E-state index contributed by atoms with van der Waals surface area (Å²) >= 11 is 0. The van der Waals surface area contributed by atoms with Gasteiger partial charge in [0, 0.05) is 32.2 Å². The van der Waals surface area contributed by atoms with Crippen molar-refractivity contribution in [2.45, 2.75) is 12.5 Å². The third-order valence-electron chi connectivity index (χ3n) is 3.48. The number of carbonyl (C=O) groups is 2. The van der Waals surface area contributed by atoms with Crippen molar-refractivity contribution in [2.75, 3.05) is 32.7 Å². The van der Waals surface area contributed by atoms with Crippen molar-refractivity contribution in [3.63, 3.8) is 0 Å². The molecule has 0 aromatic rings. The van der Waals surface area contributed by atoms with E-state index in [1.807, 2.05) is 22.0 Å². The largest absolute Gasteiger partial charge is 0.480 e. The highest BCUT2D eigenvalue weighted by Gasteiger charge is 2.29. The van der Waals surface area contributed by atoms with Gasteiger partial charge in [0.15, 0.2) is 0 Å². The second-order valence-electron chi connectivity index (χ2n) is 4.89. The second-order valence-corrected chi connectivity index (χ2v) is 4.89. The Bertz CT molecular complexity index is 362. The predicted octanol–water partition coefficient (Wildman–Crippen LogP) is -0.881. The number of nitrogens with two attached hydrogens (primary N) is 1. The molecule has 1 fully saturated rings. The molecule has 0 spiro atoms. The quantitative estimate of drug-likeness (QED) is 0.638. The van der Waals surface area contributed by atoms with E-state index in [1.165, 1.54) is 0 Å². The maximum absolute atomic E-state index is 12.2. The third kappa shape index (κ3) is 3.08. The first-order valence-corrected chi connectivity index (χ1v) is 6.23. The Labute approximate surface area is 106 Å². The summed E-state index contributed by atoms with van der Waals surface area (Å²) in [5.41, 5.74) is 5.74. The lowest BCUT2D eigenvalue weighted by atomic mass is 10.1. The molecule has 1 aliphatic heterocycles. The van der Waals surface area contributed by atoms with Crippen molar-refractivity contribution >= 4 is 11.9 Å². The average Bonchev–Trinajstić information content (AvgIpc) is 2.75. The Hall–Kier alpha value is -1.40. The summed E-state index contributed by atoms with van der Waals surface area (Å²) in [6, 6.07) is -0.00718. The monoisotopic (exact) mass is 253 g/mol. The maximum Gasteiger partial charge on any atom is 0.317 e. The number of carboxylic acids is 1. The Morgan fingerprint density at radius 3 is 2.39 bits per heavy atom. The molecule has 2 rings (SSSR count). The second kappa shape index (κ2) is 5.49. The fourth-order valence-electron chi connectivity index (χ4n) is 2.46. The summed E-state index contributed by atoms with van der Waals surface area (Å²) in [6.45, 7) is 2.51. The molecule has 0 aromatic heterocycles. The van der Waals surface area contributed by atoms with Crippen LogP contribution in [0, 0.1) is 5.92 Å². The molecule has 0 bridgehead atoms. The van der Waals surface area contributed by atoms with E-state index in [1.54, 1.807) is 0 Å². The number of hydrogen-bond acceptors (Lipinski definition) is 4. The van der Waals surface area contributed by atoms with Crippen LogP contribution in [0.4, 0.5) is 0 Å². The van der Waals surface area contributed by atoms with Gasteiger partial charge in [0.05, 0.1) is 12.5 Å². The van der Waals surface area contributed by atoms with E-state index >= 15 is 0 Å². The topological polar surface area (TPSA) is 86.9 Å². The van der Waals surface area contributed by atoms with Crippen LogP contribution in [0.5, 0.6) is 0 Å². The Kier molecular flexibility index (Phi) is 3.98. The summed E-state index contributed by atoms with van der Waals surface area (Å²) < 4.78 is 0. The van der Waals surface area contributed by atoms with Crippen LogP contribution in [0.1, 0.15) is 6.42 Å². The van der Waals surface area contributed by atoms with Gasteiger partial charge in [0.1, 0.15) is 0 Å². The van der Waals surface area contributed by atoms with Crippen LogP contribution in [0.3, 0.4) is 0 Å². The zero-order valence-corrected chi connectivity index (χ0v) is 10.3. The first-order chi connectivity index (χ1) is 8.56. The number of amides is 1.